The molecule has 11 aromatic rings. The molecule has 0 unspecified atom stereocenters. The molecule has 0 aliphatic rings. The van der Waals surface area contributed by atoms with Gasteiger partial charge in [0, 0.05) is 38.4 Å². The van der Waals surface area contributed by atoms with Crippen molar-refractivity contribution >= 4 is 43.6 Å². The second kappa shape index (κ2) is 16.4. The molecular formula is C59H31F6N5. The van der Waals surface area contributed by atoms with E-state index in [2.05, 4.69) is 18.2 Å². The maximum atomic E-state index is 15.2. The summed E-state index contributed by atoms with van der Waals surface area (Å²) in [6, 6.07) is 58.9. The number of halogens is 6. The number of hydrogen-bond acceptors (Lipinski definition) is 3. The van der Waals surface area contributed by atoms with Crippen LogP contribution in [0.3, 0.4) is 0 Å². The number of fused-ring (bicyclic) bond motifs is 6. The zero-order valence-electron chi connectivity index (χ0n) is 36.4. The minimum atomic E-state index is -5.20. The van der Waals surface area contributed by atoms with Crippen LogP contribution < -0.4 is 0 Å². The Morgan fingerprint density at radius 3 is 1.36 bits per heavy atom. The summed E-state index contributed by atoms with van der Waals surface area (Å²) in [6.45, 7) is 0. The van der Waals surface area contributed by atoms with Crippen LogP contribution >= 0.6 is 0 Å². The first kappa shape index (κ1) is 43.2. The van der Waals surface area contributed by atoms with Crippen LogP contribution in [0.1, 0.15) is 27.8 Å². The van der Waals surface area contributed by atoms with Gasteiger partial charge in [0.25, 0.3) is 0 Å². The molecule has 0 N–H and O–H groups in total. The van der Waals surface area contributed by atoms with Crippen LogP contribution in [0.15, 0.2) is 188 Å². The van der Waals surface area contributed by atoms with E-state index < -0.39 is 29.0 Å². The third kappa shape index (κ3) is 7.18. The van der Waals surface area contributed by atoms with E-state index in [4.69, 9.17) is 0 Å². The van der Waals surface area contributed by atoms with E-state index in [-0.39, 0.29) is 22.3 Å². The number of hydrogen-bond donors (Lipinski definition) is 0. The summed E-state index contributed by atoms with van der Waals surface area (Å²) >= 11 is 0. The summed E-state index contributed by atoms with van der Waals surface area (Å²) in [4.78, 5) is 0. The Morgan fingerprint density at radius 1 is 0.343 bits per heavy atom. The summed E-state index contributed by atoms with van der Waals surface area (Å²) in [7, 11) is 0. The van der Waals surface area contributed by atoms with Crippen molar-refractivity contribution in [3.05, 3.63) is 216 Å². The van der Waals surface area contributed by atoms with Crippen molar-refractivity contribution in [2.24, 2.45) is 0 Å². The molecule has 0 saturated carbocycles. The molecule has 11 rings (SSSR count). The molecule has 0 amide bonds. The molecular weight excluding hydrogens is 893 g/mol. The smallest absolute Gasteiger partial charge is 0.309 e. The lowest BCUT2D eigenvalue weighted by atomic mass is 9.86. The third-order valence-corrected chi connectivity index (χ3v) is 12.9. The number of aromatic nitrogens is 2. The second-order valence-corrected chi connectivity index (χ2v) is 16.9. The monoisotopic (exact) mass is 923 g/mol. The molecule has 0 aliphatic carbocycles. The third-order valence-electron chi connectivity index (χ3n) is 12.9. The molecule has 2 aromatic heterocycles. The van der Waals surface area contributed by atoms with Crippen LogP contribution in [0.2, 0.25) is 0 Å². The Morgan fingerprint density at radius 2 is 0.814 bits per heavy atom. The highest BCUT2D eigenvalue weighted by Gasteiger charge is 2.42. The predicted molar refractivity (Wildman–Crippen MR) is 261 cm³/mol. The first-order valence-electron chi connectivity index (χ1n) is 21.9. The molecule has 0 atom stereocenters. The zero-order chi connectivity index (χ0) is 48.5. The van der Waals surface area contributed by atoms with Gasteiger partial charge in [-0.2, -0.15) is 42.1 Å². The minimum absolute atomic E-state index is 0.0125. The lowest BCUT2D eigenvalue weighted by Gasteiger charge is -2.23. The Kier molecular flexibility index (Phi) is 10.2. The summed E-state index contributed by atoms with van der Waals surface area (Å²) in [6.07, 6.45) is -10.4. The highest BCUT2D eigenvalue weighted by molar-refractivity contribution is 6.12. The molecule has 0 saturated heterocycles. The van der Waals surface area contributed by atoms with Gasteiger partial charge in [0.1, 0.15) is 0 Å². The van der Waals surface area contributed by atoms with Gasteiger partial charge in [-0.25, -0.2) is 0 Å². The molecule has 0 aliphatic heterocycles. The van der Waals surface area contributed by atoms with E-state index in [0.717, 1.165) is 55.4 Å². The minimum Gasteiger partial charge on any atom is -0.309 e. The van der Waals surface area contributed by atoms with E-state index in [9.17, 15) is 15.8 Å². The van der Waals surface area contributed by atoms with Crippen molar-refractivity contribution in [2.75, 3.05) is 0 Å². The van der Waals surface area contributed by atoms with Crippen molar-refractivity contribution in [1.82, 2.24) is 9.13 Å². The lowest BCUT2D eigenvalue weighted by Crippen LogP contribution is -2.14. The molecule has 9 aromatic carbocycles. The average Bonchev–Trinajstić information content (AvgIpc) is 3.89. The van der Waals surface area contributed by atoms with Crippen LogP contribution in [0, 0.1) is 34.0 Å². The fraction of sp³-hybridized carbons (Fsp3) is 0.0339. The summed E-state index contributed by atoms with van der Waals surface area (Å²) < 4.78 is 95.1. The Hall–Kier alpha value is -9.37. The SMILES string of the molecule is N#Cc1cccc(-c2ccc3c(c2)c2ccccc2n3-c2ccc(-c3c(C(F)(F)F)cccc3C(F)(F)F)c(-c3cc(C#N)ccc3-n3c4ccccc4c4cc(-c5cccc(C#N)c5)ccc43)c2)c1. The van der Waals surface area contributed by atoms with Crippen molar-refractivity contribution < 1.29 is 26.3 Å². The van der Waals surface area contributed by atoms with Gasteiger partial charge in [0.15, 0.2) is 0 Å². The average molecular weight is 924 g/mol. The Balaban J connectivity index is 1.23. The topological polar surface area (TPSA) is 81.2 Å². The molecule has 2 heterocycles. The first-order valence-corrected chi connectivity index (χ1v) is 21.9. The van der Waals surface area contributed by atoms with Crippen LogP contribution in [0.25, 0.3) is 99.5 Å². The van der Waals surface area contributed by atoms with Gasteiger partial charge in [-0.05, 0) is 137 Å². The van der Waals surface area contributed by atoms with E-state index in [0.29, 0.717) is 51.2 Å². The summed E-state index contributed by atoms with van der Waals surface area (Å²) in [5, 5.41) is 32.9. The van der Waals surface area contributed by atoms with Crippen LogP contribution in [0.5, 0.6) is 0 Å². The zero-order valence-corrected chi connectivity index (χ0v) is 36.4. The summed E-state index contributed by atoms with van der Waals surface area (Å²) in [5.41, 5.74) is 3.86. The largest absolute Gasteiger partial charge is 0.417 e. The van der Waals surface area contributed by atoms with Crippen molar-refractivity contribution in [2.45, 2.75) is 12.4 Å². The van der Waals surface area contributed by atoms with Crippen LogP contribution in [-0.4, -0.2) is 9.13 Å². The van der Waals surface area contributed by atoms with E-state index in [1.165, 1.54) is 18.2 Å². The standard InChI is InChI=1S/C59H31F6N5/c60-58(61,62)50-14-7-15-51(59(63,64)65)57(50)45-22-21-42(69-52-16-3-1-12-43(52)48-29-40(19-24-54(48)69)38-10-5-8-35(26-38)32-66)31-46(45)47-28-37(34-68)18-23-55(47)70-53-17-4-2-13-44(53)49-30-41(20-25-56(49)70)39-11-6-9-36(27-39)33-67/h1-31H. The van der Waals surface area contributed by atoms with Gasteiger partial charge in [-0.15, -0.1) is 0 Å². The number of benzene rings is 9. The van der Waals surface area contributed by atoms with E-state index in [1.54, 1.807) is 54.6 Å². The quantitative estimate of drug-likeness (QED) is 0.156. The van der Waals surface area contributed by atoms with Crippen LogP contribution in [-0.2, 0) is 12.4 Å². The highest BCUT2D eigenvalue weighted by atomic mass is 19.4. The van der Waals surface area contributed by atoms with Crippen molar-refractivity contribution in [3.8, 4) is 74.1 Å². The number of rotatable bonds is 6. The first-order chi connectivity index (χ1) is 33.8. The van der Waals surface area contributed by atoms with Crippen molar-refractivity contribution in [1.29, 1.82) is 15.8 Å². The van der Waals surface area contributed by atoms with Gasteiger partial charge >= 0.3 is 12.4 Å². The molecule has 70 heavy (non-hydrogen) atoms. The Labute approximate surface area is 395 Å². The van der Waals surface area contributed by atoms with E-state index >= 15 is 26.3 Å². The maximum absolute atomic E-state index is 15.2. The van der Waals surface area contributed by atoms with Gasteiger partial charge in [-0.3, -0.25) is 0 Å². The molecule has 0 fully saturated rings. The van der Waals surface area contributed by atoms with Gasteiger partial charge in [-0.1, -0.05) is 84.9 Å². The molecule has 11 heteroatoms. The van der Waals surface area contributed by atoms with Crippen molar-refractivity contribution in [3.63, 3.8) is 0 Å². The molecule has 0 radical (unpaired) electrons. The molecule has 334 valence electrons. The lowest BCUT2D eigenvalue weighted by molar-refractivity contribution is -0.142. The second-order valence-electron chi connectivity index (χ2n) is 16.9. The number of para-hydroxylation sites is 2. The van der Waals surface area contributed by atoms with E-state index in [1.807, 2.05) is 106 Å². The fourth-order valence-electron chi connectivity index (χ4n) is 9.82. The molecule has 0 bridgehead atoms. The van der Waals surface area contributed by atoms with Gasteiger partial charge in [0.05, 0.1) is 73.8 Å². The maximum Gasteiger partial charge on any atom is 0.417 e. The highest BCUT2D eigenvalue weighted by Crippen LogP contribution is 2.50. The fourth-order valence-corrected chi connectivity index (χ4v) is 9.82. The molecule has 0 spiro atoms. The molecule has 5 nitrogen and oxygen atoms in total. The number of alkyl halides is 6. The van der Waals surface area contributed by atoms with Crippen LogP contribution in [0.4, 0.5) is 26.3 Å². The van der Waals surface area contributed by atoms with Gasteiger partial charge < -0.3 is 9.13 Å². The normalized spacial score (nSPS) is 11.8. The Bertz CT molecular complexity index is 4060. The predicted octanol–water partition coefficient (Wildman–Crippen LogP) is 16.2. The summed E-state index contributed by atoms with van der Waals surface area (Å²) in [5.74, 6) is 0. The number of nitriles is 3. The van der Waals surface area contributed by atoms with Gasteiger partial charge in [0.2, 0.25) is 0 Å². The number of nitrogens with zero attached hydrogens (tertiary/aromatic N) is 5.